The average Bonchev–Trinajstić information content (AvgIpc) is 3.07. The lowest BCUT2D eigenvalue weighted by Crippen LogP contribution is -2.37. The van der Waals surface area contributed by atoms with Gasteiger partial charge in [0.15, 0.2) is 0 Å². The van der Waals surface area contributed by atoms with E-state index in [2.05, 4.69) is 22.1 Å². The van der Waals surface area contributed by atoms with Crippen LogP contribution in [0.3, 0.4) is 0 Å². The molecule has 0 aromatic carbocycles. The molecule has 2 aromatic heterocycles. The number of H-pyrrole nitrogens is 1. The number of nitrogens with zero attached hydrogens (tertiary/aromatic N) is 3. The van der Waals surface area contributed by atoms with E-state index < -0.39 is 0 Å². The molecule has 0 radical (unpaired) electrons. The highest BCUT2D eigenvalue weighted by Crippen LogP contribution is 2.27. The Labute approximate surface area is 120 Å². The van der Waals surface area contributed by atoms with Gasteiger partial charge in [0.2, 0.25) is 0 Å². The first kappa shape index (κ1) is 13.3. The molecule has 1 aliphatic rings. The molecule has 3 rings (SSSR count). The van der Waals surface area contributed by atoms with Crippen LogP contribution in [0.5, 0.6) is 0 Å². The number of nitrogens with one attached hydrogen (secondary N) is 1. The van der Waals surface area contributed by atoms with Crippen LogP contribution in [0, 0.1) is 0 Å². The predicted octanol–water partition coefficient (Wildman–Crippen LogP) is 1.77. The van der Waals surface area contributed by atoms with Crippen molar-refractivity contribution in [3.63, 3.8) is 0 Å². The minimum atomic E-state index is 0.0311. The summed E-state index contributed by atoms with van der Waals surface area (Å²) < 4.78 is 5.03. The number of ether oxygens (including phenoxy) is 1. The topological polar surface area (TPSA) is 71.1 Å². The number of hydrogen-bond donors (Lipinski definition) is 1. The molecule has 1 amide bonds. The lowest BCUT2D eigenvalue weighted by atomic mass is 9.98. The Morgan fingerprint density at radius 2 is 2.45 bits per heavy atom. The van der Waals surface area contributed by atoms with Gasteiger partial charge in [-0.05, 0) is 0 Å². The van der Waals surface area contributed by atoms with Gasteiger partial charge in [0.1, 0.15) is 9.88 Å². The highest BCUT2D eigenvalue weighted by molar-refractivity contribution is 7.13. The third-order valence-corrected chi connectivity index (χ3v) is 4.38. The summed E-state index contributed by atoms with van der Waals surface area (Å²) in [5.74, 6) is 0.306. The summed E-state index contributed by atoms with van der Waals surface area (Å²) in [4.78, 5) is 19.2. The van der Waals surface area contributed by atoms with Gasteiger partial charge < -0.3 is 9.64 Å². The number of aromatic nitrogens is 3. The van der Waals surface area contributed by atoms with Gasteiger partial charge in [-0.15, -0.1) is 11.3 Å². The fourth-order valence-electron chi connectivity index (χ4n) is 2.48. The van der Waals surface area contributed by atoms with Crippen molar-refractivity contribution in [3.8, 4) is 0 Å². The molecule has 1 atom stereocenters. The van der Waals surface area contributed by atoms with E-state index in [0.29, 0.717) is 24.6 Å². The summed E-state index contributed by atoms with van der Waals surface area (Å²) in [6.45, 7) is 3.85. The normalized spacial score (nSPS) is 18.1. The first-order chi connectivity index (χ1) is 9.69. The van der Waals surface area contributed by atoms with Crippen LogP contribution in [0.25, 0.3) is 0 Å². The molecule has 7 heteroatoms. The first-order valence-electron chi connectivity index (χ1n) is 6.44. The lowest BCUT2D eigenvalue weighted by Gasteiger charge is -2.30. The van der Waals surface area contributed by atoms with Crippen molar-refractivity contribution in [2.24, 2.45) is 0 Å². The summed E-state index contributed by atoms with van der Waals surface area (Å²) in [7, 11) is 1.62. The van der Waals surface area contributed by atoms with Gasteiger partial charge in [-0.1, -0.05) is 6.92 Å². The Morgan fingerprint density at radius 3 is 3.25 bits per heavy atom. The Balaban J connectivity index is 1.78. The number of fused-ring (bicyclic) bond motifs is 1. The third-order valence-electron chi connectivity index (χ3n) is 3.42. The summed E-state index contributed by atoms with van der Waals surface area (Å²) in [5, 5.41) is 7.90. The zero-order valence-corrected chi connectivity index (χ0v) is 12.2. The summed E-state index contributed by atoms with van der Waals surface area (Å²) in [6.07, 6.45) is 3.44. The average molecular weight is 292 g/mol. The number of aromatic amines is 1. The first-order valence-corrected chi connectivity index (χ1v) is 7.25. The molecule has 0 spiro atoms. The van der Waals surface area contributed by atoms with E-state index in [-0.39, 0.29) is 11.8 Å². The molecule has 0 aliphatic carbocycles. The minimum Gasteiger partial charge on any atom is -0.378 e. The second-order valence-corrected chi connectivity index (χ2v) is 6.06. The van der Waals surface area contributed by atoms with E-state index in [1.165, 1.54) is 11.3 Å². The van der Waals surface area contributed by atoms with E-state index in [9.17, 15) is 4.79 Å². The van der Waals surface area contributed by atoms with Crippen molar-refractivity contribution >= 4 is 17.2 Å². The van der Waals surface area contributed by atoms with E-state index >= 15 is 0 Å². The summed E-state index contributed by atoms with van der Waals surface area (Å²) in [6, 6.07) is 0. The maximum Gasteiger partial charge on any atom is 0.265 e. The number of methoxy groups -OCH3 is 1. The lowest BCUT2D eigenvalue weighted by molar-refractivity contribution is 0.0725. The van der Waals surface area contributed by atoms with Crippen molar-refractivity contribution in [2.45, 2.75) is 26.0 Å². The van der Waals surface area contributed by atoms with Crippen LogP contribution in [0.4, 0.5) is 0 Å². The van der Waals surface area contributed by atoms with Gasteiger partial charge in [0.05, 0.1) is 19.0 Å². The smallest absolute Gasteiger partial charge is 0.265 e. The monoisotopic (exact) mass is 292 g/mol. The number of thiazole rings is 1. The fourth-order valence-corrected chi connectivity index (χ4v) is 3.33. The number of amides is 1. The Hall–Kier alpha value is -1.73. The van der Waals surface area contributed by atoms with Crippen LogP contribution in [-0.2, 0) is 17.9 Å². The second kappa shape index (κ2) is 5.34. The molecule has 106 valence electrons. The van der Waals surface area contributed by atoms with Crippen molar-refractivity contribution in [1.29, 1.82) is 0 Å². The van der Waals surface area contributed by atoms with Crippen LogP contribution in [0.15, 0.2) is 12.4 Å². The molecule has 0 fully saturated rings. The molecule has 3 heterocycles. The SMILES string of the molecule is COCc1ncc(C(=O)N2Cc3cn[nH]c3C(C)C2)s1. The van der Waals surface area contributed by atoms with Crippen LogP contribution in [0.1, 0.15) is 38.8 Å². The van der Waals surface area contributed by atoms with E-state index in [4.69, 9.17) is 4.74 Å². The standard InChI is InChI=1S/C13H16N4O2S/c1-8-5-17(6-9-3-15-16-12(8)9)13(18)10-4-14-11(20-10)7-19-2/h3-4,8H,5-7H2,1-2H3,(H,15,16). The van der Waals surface area contributed by atoms with Crippen LogP contribution < -0.4 is 0 Å². The van der Waals surface area contributed by atoms with Crippen LogP contribution in [-0.4, -0.2) is 39.6 Å². The van der Waals surface area contributed by atoms with E-state index in [0.717, 1.165) is 16.3 Å². The van der Waals surface area contributed by atoms with Crippen LogP contribution in [0.2, 0.25) is 0 Å². The van der Waals surface area contributed by atoms with Crippen molar-refractivity contribution in [1.82, 2.24) is 20.1 Å². The van der Waals surface area contributed by atoms with Gasteiger partial charge in [0, 0.05) is 37.4 Å². The molecule has 2 aromatic rings. The second-order valence-electron chi connectivity index (χ2n) is 4.95. The quantitative estimate of drug-likeness (QED) is 0.936. The molecule has 0 bridgehead atoms. The zero-order valence-electron chi connectivity index (χ0n) is 11.4. The van der Waals surface area contributed by atoms with Gasteiger partial charge >= 0.3 is 0 Å². The fraction of sp³-hybridized carbons (Fsp3) is 0.462. The number of carbonyl (C=O) groups is 1. The molecule has 20 heavy (non-hydrogen) atoms. The van der Waals surface area contributed by atoms with Gasteiger partial charge in [-0.25, -0.2) is 4.98 Å². The highest BCUT2D eigenvalue weighted by Gasteiger charge is 2.28. The van der Waals surface area contributed by atoms with Crippen molar-refractivity contribution in [3.05, 3.63) is 33.5 Å². The van der Waals surface area contributed by atoms with Crippen molar-refractivity contribution < 1.29 is 9.53 Å². The maximum atomic E-state index is 12.5. The largest absolute Gasteiger partial charge is 0.378 e. The minimum absolute atomic E-state index is 0.0311. The number of rotatable bonds is 3. The molecule has 0 saturated heterocycles. The Kier molecular flexibility index (Phi) is 3.54. The summed E-state index contributed by atoms with van der Waals surface area (Å²) in [5.41, 5.74) is 2.23. The zero-order chi connectivity index (χ0) is 14.1. The molecular formula is C13H16N4O2S. The molecular weight excluding hydrogens is 276 g/mol. The van der Waals surface area contributed by atoms with Crippen molar-refractivity contribution in [2.75, 3.05) is 13.7 Å². The molecule has 1 unspecified atom stereocenters. The van der Waals surface area contributed by atoms with Crippen LogP contribution >= 0.6 is 11.3 Å². The van der Waals surface area contributed by atoms with Gasteiger partial charge in [0.25, 0.3) is 5.91 Å². The Morgan fingerprint density at radius 1 is 1.60 bits per heavy atom. The number of hydrogen-bond acceptors (Lipinski definition) is 5. The van der Waals surface area contributed by atoms with Gasteiger partial charge in [-0.2, -0.15) is 5.10 Å². The molecule has 0 saturated carbocycles. The Bertz CT molecular complexity index is 621. The molecule has 6 nitrogen and oxygen atoms in total. The van der Waals surface area contributed by atoms with E-state index in [1.807, 2.05) is 4.90 Å². The predicted molar refractivity (Wildman–Crippen MR) is 74.6 cm³/mol. The molecule has 1 N–H and O–H groups in total. The summed E-state index contributed by atoms with van der Waals surface area (Å²) >= 11 is 1.39. The highest BCUT2D eigenvalue weighted by atomic mass is 32.1. The van der Waals surface area contributed by atoms with Gasteiger partial charge in [-0.3, -0.25) is 9.89 Å². The third kappa shape index (κ3) is 2.34. The maximum absolute atomic E-state index is 12.5. The molecule has 1 aliphatic heterocycles. The van der Waals surface area contributed by atoms with E-state index in [1.54, 1.807) is 19.5 Å². The number of carbonyl (C=O) groups excluding carboxylic acids is 1.